The molecule has 6 heteroatoms. The Labute approximate surface area is 94.4 Å². The van der Waals surface area contributed by atoms with E-state index in [0.717, 1.165) is 0 Å². The van der Waals surface area contributed by atoms with Crippen LogP contribution in [0.25, 0.3) is 0 Å². The van der Waals surface area contributed by atoms with Crippen LogP contribution in [-0.2, 0) is 4.79 Å². The summed E-state index contributed by atoms with van der Waals surface area (Å²) in [5.41, 5.74) is 5.62. The van der Waals surface area contributed by atoms with Crippen LogP contribution in [-0.4, -0.2) is 23.5 Å². The number of amides is 1. The number of halogens is 1. The number of carboxylic acids is 1. The summed E-state index contributed by atoms with van der Waals surface area (Å²) in [7, 11) is 0. The number of carboxylic acid groups (broad SMARTS) is 1. The monoisotopic (exact) mass is 272 g/mol. The average molecular weight is 273 g/mol. The summed E-state index contributed by atoms with van der Waals surface area (Å²) in [5, 5.41) is 11.2. The van der Waals surface area contributed by atoms with Crippen molar-refractivity contribution < 1.29 is 14.7 Å². The van der Waals surface area contributed by atoms with Crippen molar-refractivity contribution in [1.82, 2.24) is 0 Å². The summed E-state index contributed by atoms with van der Waals surface area (Å²) >= 11 is 3.19. The molecule has 0 aliphatic rings. The second-order valence-electron chi connectivity index (χ2n) is 2.75. The van der Waals surface area contributed by atoms with Crippen LogP contribution in [0.3, 0.4) is 0 Å². The maximum absolute atomic E-state index is 11.0. The van der Waals surface area contributed by atoms with Crippen LogP contribution in [0.4, 0.5) is 5.69 Å². The molecule has 4 N–H and O–H groups in total. The van der Waals surface area contributed by atoms with Crippen LogP contribution in [0.15, 0.2) is 22.7 Å². The molecule has 0 saturated carbocycles. The van der Waals surface area contributed by atoms with Gasteiger partial charge in [0, 0.05) is 4.47 Å². The third-order valence-electron chi connectivity index (χ3n) is 1.67. The van der Waals surface area contributed by atoms with Crippen molar-refractivity contribution in [2.24, 2.45) is 5.73 Å². The van der Waals surface area contributed by atoms with Gasteiger partial charge < -0.3 is 16.2 Å². The predicted molar refractivity (Wildman–Crippen MR) is 58.8 cm³/mol. The lowest BCUT2D eigenvalue weighted by atomic mass is 10.2. The molecule has 0 bridgehead atoms. The Balaban J connectivity index is 3.00. The first-order valence-corrected chi connectivity index (χ1v) is 4.86. The van der Waals surface area contributed by atoms with E-state index in [9.17, 15) is 9.59 Å². The molecule has 1 aromatic carbocycles. The lowest BCUT2D eigenvalue weighted by Gasteiger charge is -2.06. The maximum atomic E-state index is 11.0. The highest BCUT2D eigenvalue weighted by atomic mass is 79.9. The number of benzene rings is 1. The number of anilines is 1. The van der Waals surface area contributed by atoms with Gasteiger partial charge in [-0.25, -0.2) is 4.79 Å². The summed E-state index contributed by atoms with van der Waals surface area (Å²) in [6, 6.07) is 4.35. The molecule has 0 spiro atoms. The van der Waals surface area contributed by atoms with Gasteiger partial charge in [0.2, 0.25) is 5.91 Å². The van der Waals surface area contributed by atoms with Gasteiger partial charge in [-0.15, -0.1) is 0 Å². The SMILES string of the molecule is NCC(=O)Nc1cc(C(=O)O)ccc1Br. The van der Waals surface area contributed by atoms with E-state index in [-0.39, 0.29) is 18.0 Å². The molecule has 0 aromatic heterocycles. The van der Waals surface area contributed by atoms with E-state index in [2.05, 4.69) is 21.2 Å². The van der Waals surface area contributed by atoms with E-state index >= 15 is 0 Å². The fraction of sp³-hybridized carbons (Fsp3) is 0.111. The van der Waals surface area contributed by atoms with Crippen molar-refractivity contribution >= 4 is 33.5 Å². The molecule has 15 heavy (non-hydrogen) atoms. The highest BCUT2D eigenvalue weighted by Crippen LogP contribution is 2.23. The van der Waals surface area contributed by atoms with E-state index in [1.165, 1.54) is 12.1 Å². The molecular formula is C9H9BrN2O3. The van der Waals surface area contributed by atoms with E-state index in [4.69, 9.17) is 10.8 Å². The fourth-order valence-electron chi connectivity index (χ4n) is 0.955. The topological polar surface area (TPSA) is 92.4 Å². The van der Waals surface area contributed by atoms with Gasteiger partial charge in [-0.3, -0.25) is 4.79 Å². The average Bonchev–Trinajstić information content (AvgIpc) is 2.20. The quantitative estimate of drug-likeness (QED) is 0.767. The molecule has 0 fully saturated rings. The Bertz CT molecular complexity index is 406. The Morgan fingerprint density at radius 2 is 2.13 bits per heavy atom. The lowest BCUT2D eigenvalue weighted by Crippen LogP contribution is -2.22. The summed E-state index contributed by atoms with van der Waals surface area (Å²) in [6.07, 6.45) is 0. The van der Waals surface area contributed by atoms with Gasteiger partial charge in [-0.1, -0.05) is 0 Å². The van der Waals surface area contributed by atoms with Crippen molar-refractivity contribution in [2.45, 2.75) is 0 Å². The van der Waals surface area contributed by atoms with Crippen LogP contribution in [0.1, 0.15) is 10.4 Å². The molecule has 0 heterocycles. The summed E-state index contributed by atoms with van der Waals surface area (Å²) in [4.78, 5) is 21.7. The number of rotatable bonds is 3. The Kier molecular flexibility index (Phi) is 3.81. The van der Waals surface area contributed by atoms with Crippen molar-refractivity contribution in [3.05, 3.63) is 28.2 Å². The first kappa shape index (κ1) is 11.7. The van der Waals surface area contributed by atoms with Gasteiger partial charge in [0.05, 0.1) is 17.8 Å². The minimum atomic E-state index is -1.05. The largest absolute Gasteiger partial charge is 0.478 e. The normalized spacial score (nSPS) is 9.73. The number of carbonyl (C=O) groups is 2. The van der Waals surface area contributed by atoms with Crippen LogP contribution in [0.5, 0.6) is 0 Å². The molecule has 0 aliphatic heterocycles. The van der Waals surface area contributed by atoms with Gasteiger partial charge in [0.15, 0.2) is 0 Å². The fourth-order valence-corrected chi connectivity index (χ4v) is 1.30. The highest BCUT2D eigenvalue weighted by Gasteiger charge is 2.08. The van der Waals surface area contributed by atoms with E-state index < -0.39 is 5.97 Å². The number of hydrogen-bond acceptors (Lipinski definition) is 3. The van der Waals surface area contributed by atoms with Gasteiger partial charge in [-0.2, -0.15) is 0 Å². The van der Waals surface area contributed by atoms with Crippen molar-refractivity contribution in [1.29, 1.82) is 0 Å². The summed E-state index contributed by atoms with van der Waals surface area (Å²) in [6.45, 7) is -0.149. The number of hydrogen-bond donors (Lipinski definition) is 3. The molecule has 1 aromatic rings. The zero-order valence-corrected chi connectivity index (χ0v) is 9.24. The molecule has 0 atom stereocenters. The Hall–Kier alpha value is -1.40. The number of carbonyl (C=O) groups excluding carboxylic acids is 1. The third-order valence-corrected chi connectivity index (χ3v) is 2.36. The standard InChI is InChI=1S/C9H9BrN2O3/c10-6-2-1-5(9(14)15)3-7(6)12-8(13)4-11/h1-3H,4,11H2,(H,12,13)(H,14,15). The van der Waals surface area contributed by atoms with Crippen LogP contribution >= 0.6 is 15.9 Å². The molecule has 1 rings (SSSR count). The zero-order valence-electron chi connectivity index (χ0n) is 7.66. The van der Waals surface area contributed by atoms with Crippen molar-refractivity contribution in [3.8, 4) is 0 Å². The molecule has 0 radical (unpaired) electrons. The predicted octanol–water partition coefficient (Wildman–Crippen LogP) is 1.04. The van der Waals surface area contributed by atoms with Gasteiger partial charge in [-0.05, 0) is 34.1 Å². The molecular weight excluding hydrogens is 264 g/mol. The first-order valence-electron chi connectivity index (χ1n) is 4.07. The minimum absolute atomic E-state index is 0.102. The molecule has 0 aliphatic carbocycles. The number of nitrogens with one attached hydrogen (secondary N) is 1. The molecule has 0 saturated heterocycles. The smallest absolute Gasteiger partial charge is 0.335 e. The lowest BCUT2D eigenvalue weighted by molar-refractivity contribution is -0.114. The van der Waals surface area contributed by atoms with Crippen LogP contribution < -0.4 is 11.1 Å². The van der Waals surface area contributed by atoms with Gasteiger partial charge in [0.25, 0.3) is 0 Å². The highest BCUT2D eigenvalue weighted by molar-refractivity contribution is 9.10. The van der Waals surface area contributed by atoms with E-state index in [1.807, 2.05) is 0 Å². The van der Waals surface area contributed by atoms with Gasteiger partial charge in [0.1, 0.15) is 0 Å². The van der Waals surface area contributed by atoms with Gasteiger partial charge >= 0.3 is 5.97 Å². The molecule has 0 unspecified atom stereocenters. The zero-order chi connectivity index (χ0) is 11.4. The molecule has 5 nitrogen and oxygen atoms in total. The first-order chi connectivity index (χ1) is 7.04. The Morgan fingerprint density at radius 3 is 2.67 bits per heavy atom. The molecule has 1 amide bonds. The third kappa shape index (κ3) is 3.03. The van der Waals surface area contributed by atoms with Crippen molar-refractivity contribution in [2.75, 3.05) is 11.9 Å². The second kappa shape index (κ2) is 4.90. The van der Waals surface area contributed by atoms with Crippen LogP contribution in [0, 0.1) is 0 Å². The minimum Gasteiger partial charge on any atom is -0.478 e. The molecule has 80 valence electrons. The summed E-state index contributed by atoms with van der Waals surface area (Å²) < 4.78 is 0.606. The Morgan fingerprint density at radius 1 is 1.47 bits per heavy atom. The van der Waals surface area contributed by atoms with Crippen LogP contribution in [0.2, 0.25) is 0 Å². The number of nitrogens with two attached hydrogens (primary N) is 1. The van der Waals surface area contributed by atoms with E-state index in [0.29, 0.717) is 10.2 Å². The summed E-state index contributed by atoms with van der Waals surface area (Å²) in [5.74, 6) is -1.43. The van der Waals surface area contributed by atoms with E-state index in [1.54, 1.807) is 6.07 Å². The maximum Gasteiger partial charge on any atom is 0.335 e. The van der Waals surface area contributed by atoms with Crippen molar-refractivity contribution in [3.63, 3.8) is 0 Å². The second-order valence-corrected chi connectivity index (χ2v) is 3.61. The number of aromatic carboxylic acids is 1.